The van der Waals surface area contributed by atoms with Crippen molar-refractivity contribution in [1.82, 2.24) is 5.16 Å². The molecule has 6 nitrogen and oxygen atoms in total. The van der Waals surface area contributed by atoms with Crippen LogP contribution in [-0.2, 0) is 10.5 Å². The number of hydrogen-bond donors (Lipinski definition) is 1. The summed E-state index contributed by atoms with van der Waals surface area (Å²) in [6.07, 6.45) is 0.827. The first kappa shape index (κ1) is 17.9. The third-order valence-electron chi connectivity index (χ3n) is 3.61. The molecule has 1 aliphatic heterocycles. The van der Waals surface area contributed by atoms with E-state index in [4.69, 9.17) is 25.6 Å². The summed E-state index contributed by atoms with van der Waals surface area (Å²) in [5.41, 5.74) is 0.983. The molecule has 0 bridgehead atoms. The number of fused-ring (bicyclic) bond motifs is 1. The van der Waals surface area contributed by atoms with E-state index < -0.39 is 0 Å². The Morgan fingerprint density at radius 2 is 2.16 bits per heavy atom. The molecule has 0 saturated carbocycles. The number of ether oxygens (including phenoxy) is 2. The fraction of sp³-hybridized carbons (Fsp3) is 0.412. The molecule has 2 aromatic rings. The van der Waals surface area contributed by atoms with Gasteiger partial charge in [0.2, 0.25) is 5.91 Å². The van der Waals surface area contributed by atoms with E-state index in [-0.39, 0.29) is 11.2 Å². The smallest absolute Gasteiger partial charge is 0.238 e. The lowest BCUT2D eigenvalue weighted by atomic mass is 10.2. The van der Waals surface area contributed by atoms with E-state index in [1.807, 2.05) is 19.1 Å². The van der Waals surface area contributed by atoms with E-state index in [1.165, 1.54) is 11.8 Å². The molecule has 0 fully saturated rings. The minimum absolute atomic E-state index is 0.126. The van der Waals surface area contributed by atoms with Crippen LogP contribution in [0, 0.1) is 6.92 Å². The Balaban J connectivity index is 1.60. The molecule has 0 aliphatic carbocycles. The van der Waals surface area contributed by atoms with E-state index in [2.05, 4.69) is 10.5 Å². The van der Waals surface area contributed by atoms with Crippen molar-refractivity contribution < 1.29 is 18.8 Å². The second kappa shape index (κ2) is 8.01. The second-order valence-electron chi connectivity index (χ2n) is 5.72. The number of nitrogens with zero attached hydrogens (tertiary/aromatic N) is 1. The van der Waals surface area contributed by atoms with Crippen LogP contribution in [-0.4, -0.2) is 29.5 Å². The second-order valence-corrected chi connectivity index (χ2v) is 7.46. The zero-order valence-electron chi connectivity index (χ0n) is 14.0. The highest BCUT2D eigenvalue weighted by molar-refractivity contribution is 7.99. The Bertz CT molecular complexity index is 765. The molecule has 1 aromatic heterocycles. The van der Waals surface area contributed by atoms with Gasteiger partial charge in [-0.1, -0.05) is 16.8 Å². The van der Waals surface area contributed by atoms with Crippen LogP contribution in [0.4, 0.5) is 5.82 Å². The van der Waals surface area contributed by atoms with Crippen LogP contribution in [0.15, 0.2) is 22.7 Å². The molecular weight excluding hydrogens is 364 g/mol. The maximum atomic E-state index is 12.2. The van der Waals surface area contributed by atoms with E-state index in [0.29, 0.717) is 47.1 Å². The van der Waals surface area contributed by atoms with Gasteiger partial charge in [0.1, 0.15) is 5.76 Å². The third-order valence-corrected chi connectivity index (χ3v) is 5.11. The average Bonchev–Trinajstić information content (AvgIpc) is 2.84. The third kappa shape index (κ3) is 4.61. The lowest BCUT2D eigenvalue weighted by Gasteiger charge is -2.13. The molecule has 1 unspecified atom stereocenters. The largest absolute Gasteiger partial charge is 0.489 e. The quantitative estimate of drug-likeness (QED) is 0.840. The molecule has 1 N–H and O–H groups in total. The summed E-state index contributed by atoms with van der Waals surface area (Å²) in [4.78, 5) is 12.2. The van der Waals surface area contributed by atoms with Crippen LogP contribution >= 0.6 is 23.4 Å². The number of thioether (sulfide) groups is 1. The Labute approximate surface area is 155 Å². The van der Waals surface area contributed by atoms with Crippen molar-refractivity contribution in [3.8, 4) is 11.5 Å². The molecule has 8 heteroatoms. The Morgan fingerprint density at radius 1 is 1.36 bits per heavy atom. The fourth-order valence-electron chi connectivity index (χ4n) is 2.32. The van der Waals surface area contributed by atoms with Crippen LogP contribution in [0.5, 0.6) is 11.5 Å². The number of rotatable bonds is 5. The number of benzene rings is 1. The van der Waals surface area contributed by atoms with Gasteiger partial charge in [-0.2, -0.15) is 0 Å². The standard InChI is InChI=1S/C17H19ClN2O4S/c1-10-6-15(20-24-10)19-17(21)11(2)25-9-12-7-13(18)16-14(8-12)22-4-3-5-23-16/h6-8,11H,3-5,9H2,1-2H3,(H,19,20,21). The number of carbonyl (C=O) groups excluding carboxylic acids is 1. The SMILES string of the molecule is Cc1cc(NC(=O)C(C)SCc2cc(Cl)c3c(c2)OCCCO3)no1. The lowest BCUT2D eigenvalue weighted by molar-refractivity contribution is -0.115. The molecule has 134 valence electrons. The van der Waals surface area contributed by atoms with Gasteiger partial charge in [0, 0.05) is 18.2 Å². The first-order chi connectivity index (χ1) is 12.0. The number of hydrogen-bond acceptors (Lipinski definition) is 6. The van der Waals surface area contributed by atoms with Crippen LogP contribution in [0.1, 0.15) is 24.7 Å². The Hall–Kier alpha value is -1.86. The highest BCUT2D eigenvalue weighted by Crippen LogP contribution is 2.39. The van der Waals surface area contributed by atoms with Crippen LogP contribution in [0.3, 0.4) is 0 Å². The highest BCUT2D eigenvalue weighted by atomic mass is 35.5. The number of nitrogens with one attached hydrogen (secondary N) is 1. The van der Waals surface area contributed by atoms with Gasteiger partial charge in [-0.25, -0.2) is 0 Å². The van der Waals surface area contributed by atoms with Gasteiger partial charge < -0.3 is 19.3 Å². The first-order valence-corrected chi connectivity index (χ1v) is 9.39. The topological polar surface area (TPSA) is 73.6 Å². The minimum Gasteiger partial charge on any atom is -0.489 e. The molecule has 1 aromatic carbocycles. The zero-order chi connectivity index (χ0) is 17.8. The zero-order valence-corrected chi connectivity index (χ0v) is 15.6. The number of aryl methyl sites for hydroxylation is 1. The molecular formula is C17H19ClN2O4S. The van der Waals surface area contributed by atoms with E-state index >= 15 is 0 Å². The van der Waals surface area contributed by atoms with Gasteiger partial charge in [0.05, 0.1) is 23.5 Å². The normalized spacial score (nSPS) is 14.7. The van der Waals surface area contributed by atoms with Crippen molar-refractivity contribution in [2.75, 3.05) is 18.5 Å². The van der Waals surface area contributed by atoms with E-state index in [1.54, 1.807) is 13.0 Å². The molecule has 25 heavy (non-hydrogen) atoms. The summed E-state index contributed by atoms with van der Waals surface area (Å²) in [6.45, 7) is 4.82. The molecule has 0 spiro atoms. The summed E-state index contributed by atoms with van der Waals surface area (Å²) in [7, 11) is 0. The summed E-state index contributed by atoms with van der Waals surface area (Å²) in [6, 6.07) is 5.46. The molecule has 3 rings (SSSR count). The van der Waals surface area contributed by atoms with E-state index in [9.17, 15) is 4.79 Å². The van der Waals surface area contributed by atoms with Gasteiger partial charge in [0.25, 0.3) is 0 Å². The number of halogens is 1. The fourth-order valence-corrected chi connectivity index (χ4v) is 3.42. The Kier molecular flexibility index (Phi) is 5.75. The van der Waals surface area contributed by atoms with Crippen LogP contribution < -0.4 is 14.8 Å². The lowest BCUT2D eigenvalue weighted by Crippen LogP contribution is -2.22. The minimum atomic E-state index is -0.258. The van der Waals surface area contributed by atoms with Gasteiger partial charge in [-0.3, -0.25) is 4.79 Å². The van der Waals surface area contributed by atoms with Gasteiger partial charge >= 0.3 is 0 Å². The van der Waals surface area contributed by atoms with Gasteiger partial charge in [-0.15, -0.1) is 11.8 Å². The monoisotopic (exact) mass is 382 g/mol. The summed E-state index contributed by atoms with van der Waals surface area (Å²) in [5, 5.41) is 6.77. The number of amides is 1. The molecule has 0 saturated heterocycles. The van der Waals surface area contributed by atoms with Gasteiger partial charge in [-0.05, 0) is 31.5 Å². The van der Waals surface area contributed by atoms with Crippen LogP contribution in [0.25, 0.3) is 0 Å². The maximum Gasteiger partial charge on any atom is 0.238 e. The first-order valence-electron chi connectivity index (χ1n) is 7.97. The summed E-state index contributed by atoms with van der Waals surface area (Å²) >= 11 is 7.80. The average molecular weight is 383 g/mol. The van der Waals surface area contributed by atoms with Crippen molar-refractivity contribution in [1.29, 1.82) is 0 Å². The van der Waals surface area contributed by atoms with Gasteiger partial charge in [0.15, 0.2) is 17.3 Å². The summed E-state index contributed by atoms with van der Waals surface area (Å²) in [5.74, 6) is 2.84. The van der Waals surface area contributed by atoms with Crippen molar-refractivity contribution in [2.24, 2.45) is 0 Å². The molecule has 0 radical (unpaired) electrons. The maximum absolute atomic E-state index is 12.2. The predicted octanol–water partition coefficient (Wildman–Crippen LogP) is 4.06. The highest BCUT2D eigenvalue weighted by Gasteiger charge is 2.18. The number of anilines is 1. The van der Waals surface area contributed by atoms with Crippen molar-refractivity contribution in [3.05, 3.63) is 34.5 Å². The number of aromatic nitrogens is 1. The molecule has 2 heterocycles. The van der Waals surface area contributed by atoms with Crippen LogP contribution in [0.2, 0.25) is 5.02 Å². The number of carbonyl (C=O) groups is 1. The van der Waals surface area contributed by atoms with E-state index in [0.717, 1.165) is 12.0 Å². The molecule has 1 atom stereocenters. The van der Waals surface area contributed by atoms with Crippen molar-refractivity contribution in [3.63, 3.8) is 0 Å². The molecule has 1 amide bonds. The summed E-state index contributed by atoms with van der Waals surface area (Å²) < 4.78 is 16.3. The Morgan fingerprint density at radius 3 is 2.92 bits per heavy atom. The molecule has 1 aliphatic rings. The van der Waals surface area contributed by atoms with Crippen molar-refractivity contribution in [2.45, 2.75) is 31.3 Å². The van der Waals surface area contributed by atoms with Crippen molar-refractivity contribution >= 4 is 35.1 Å². The predicted molar refractivity (Wildman–Crippen MR) is 97.7 cm³/mol.